The molecule has 0 bridgehead atoms. The van der Waals surface area contributed by atoms with Gasteiger partial charge < -0.3 is 29.5 Å². The van der Waals surface area contributed by atoms with E-state index in [1.807, 2.05) is 47.4 Å². The molecule has 9 nitrogen and oxygen atoms in total. The van der Waals surface area contributed by atoms with E-state index in [9.17, 15) is 14.4 Å². The molecule has 3 aromatic rings. The number of nitrogens with one attached hydrogen (secondary N) is 1. The quantitative estimate of drug-likeness (QED) is 0.333. The van der Waals surface area contributed by atoms with Gasteiger partial charge in [0, 0.05) is 43.9 Å². The maximum Gasteiger partial charge on any atom is 0.409 e. The van der Waals surface area contributed by atoms with E-state index in [0.29, 0.717) is 55.9 Å². The number of benzene rings is 3. The molecule has 2 aliphatic heterocycles. The van der Waals surface area contributed by atoms with Gasteiger partial charge in [-0.25, -0.2) is 9.18 Å². The van der Waals surface area contributed by atoms with E-state index in [1.54, 1.807) is 41.0 Å². The van der Waals surface area contributed by atoms with E-state index in [2.05, 4.69) is 19.2 Å². The predicted molar refractivity (Wildman–Crippen MR) is 173 cm³/mol. The molecule has 1 unspecified atom stereocenters. The van der Waals surface area contributed by atoms with Gasteiger partial charge in [0.15, 0.2) is 17.3 Å². The Morgan fingerprint density at radius 1 is 0.935 bits per heavy atom. The molecule has 1 aliphatic carbocycles. The molecule has 0 aromatic heterocycles. The molecule has 0 saturated carbocycles. The number of nitrogens with zero attached hydrogens (tertiary/aromatic N) is 3. The number of carbonyl (C=O) groups is 3. The molecule has 1 fully saturated rings. The van der Waals surface area contributed by atoms with Crippen LogP contribution < -0.4 is 15.0 Å². The summed E-state index contributed by atoms with van der Waals surface area (Å²) in [6.45, 7) is 7.62. The molecule has 46 heavy (non-hydrogen) atoms. The fourth-order valence-electron chi connectivity index (χ4n) is 6.56. The molecule has 3 aromatic carbocycles. The lowest BCUT2D eigenvalue weighted by atomic mass is 9.73. The molecule has 1 atom stereocenters. The number of Topliss-reactive ketones (excluding diaryl/α,β-unsaturated/α-hetero) is 1. The minimum Gasteiger partial charge on any atom is -0.454 e. The Bertz CT molecular complexity index is 1670. The van der Waals surface area contributed by atoms with Gasteiger partial charge >= 0.3 is 6.09 Å². The zero-order chi connectivity index (χ0) is 32.4. The number of anilines is 2. The summed E-state index contributed by atoms with van der Waals surface area (Å²) in [6.07, 6.45) is 0.586. The first-order valence-corrected chi connectivity index (χ1v) is 15.7. The van der Waals surface area contributed by atoms with Crippen molar-refractivity contribution in [3.05, 3.63) is 95.4 Å². The van der Waals surface area contributed by atoms with Crippen LogP contribution in [-0.2, 0) is 14.3 Å². The average Bonchev–Trinajstić information content (AvgIpc) is 3.16. The third kappa shape index (κ3) is 6.42. The molecule has 0 spiro atoms. The zero-order valence-corrected chi connectivity index (χ0v) is 26.4. The van der Waals surface area contributed by atoms with Crippen molar-refractivity contribution in [2.75, 3.05) is 49.5 Å². The van der Waals surface area contributed by atoms with Crippen molar-refractivity contribution >= 4 is 29.2 Å². The van der Waals surface area contributed by atoms with E-state index < -0.39 is 11.9 Å². The number of halogens is 1. The number of fused-ring (bicyclic) bond motifs is 1. The van der Waals surface area contributed by atoms with Crippen LogP contribution in [0.25, 0.3) is 0 Å². The van der Waals surface area contributed by atoms with Gasteiger partial charge in [0.1, 0.15) is 5.75 Å². The van der Waals surface area contributed by atoms with Gasteiger partial charge in [-0.2, -0.15) is 0 Å². The Hall–Kier alpha value is -4.86. The van der Waals surface area contributed by atoms with Gasteiger partial charge in [0.2, 0.25) is 5.91 Å². The van der Waals surface area contributed by atoms with Gasteiger partial charge in [-0.3, -0.25) is 9.59 Å². The SMILES string of the molecule is CCOC(=O)N1CCN(C(=O)CN2c3ccccc3NC3=C(C(=O)CC(C)(C)C3)C2c2ccc(F)c(Oc3ccccc3)c2)CC1. The number of amides is 2. The van der Waals surface area contributed by atoms with Crippen LogP contribution in [0.1, 0.15) is 45.2 Å². The van der Waals surface area contributed by atoms with E-state index in [-0.39, 0.29) is 42.1 Å². The summed E-state index contributed by atoms with van der Waals surface area (Å²) < 4.78 is 26.3. The van der Waals surface area contributed by atoms with Gasteiger partial charge in [0.25, 0.3) is 0 Å². The first kappa shape index (κ1) is 31.1. The van der Waals surface area contributed by atoms with Crippen LogP contribution in [0, 0.1) is 11.2 Å². The number of hydrogen-bond donors (Lipinski definition) is 1. The van der Waals surface area contributed by atoms with Crippen molar-refractivity contribution in [2.24, 2.45) is 5.41 Å². The van der Waals surface area contributed by atoms with Crippen LogP contribution in [0.5, 0.6) is 11.5 Å². The zero-order valence-electron chi connectivity index (χ0n) is 26.4. The van der Waals surface area contributed by atoms with Crippen LogP contribution in [0.3, 0.4) is 0 Å². The maximum atomic E-state index is 15.2. The number of ketones is 1. The summed E-state index contributed by atoms with van der Waals surface area (Å²) in [6, 6.07) is 20.6. The monoisotopic (exact) mass is 626 g/mol. The van der Waals surface area contributed by atoms with E-state index in [0.717, 1.165) is 17.1 Å². The van der Waals surface area contributed by atoms with Gasteiger partial charge in [-0.05, 0) is 60.7 Å². The van der Waals surface area contributed by atoms with Crippen LogP contribution in [0.4, 0.5) is 20.6 Å². The number of piperazine rings is 1. The van der Waals surface area contributed by atoms with Crippen molar-refractivity contribution in [3.8, 4) is 11.5 Å². The summed E-state index contributed by atoms with van der Waals surface area (Å²) in [5.41, 5.74) is 3.26. The molecule has 2 amide bonds. The highest BCUT2D eigenvalue weighted by Crippen LogP contribution is 2.48. The Morgan fingerprint density at radius 3 is 2.37 bits per heavy atom. The first-order chi connectivity index (χ1) is 22.1. The van der Waals surface area contributed by atoms with Crippen LogP contribution in [0.15, 0.2) is 84.1 Å². The number of allylic oxidation sites excluding steroid dienone is 1. The lowest BCUT2D eigenvalue weighted by Crippen LogP contribution is -2.53. The molecule has 10 heteroatoms. The second-order valence-corrected chi connectivity index (χ2v) is 12.7. The van der Waals surface area contributed by atoms with Crippen molar-refractivity contribution in [3.63, 3.8) is 0 Å². The molecule has 0 radical (unpaired) electrons. The Kier molecular flexibility index (Phi) is 8.71. The molecule has 6 rings (SSSR count). The molecule has 1 N–H and O–H groups in total. The number of para-hydroxylation sites is 3. The molecular formula is C36H39FN4O5. The third-order valence-corrected chi connectivity index (χ3v) is 8.71. The van der Waals surface area contributed by atoms with Crippen LogP contribution in [-0.4, -0.2) is 66.9 Å². The van der Waals surface area contributed by atoms with Crippen LogP contribution >= 0.6 is 0 Å². The molecule has 1 saturated heterocycles. The summed E-state index contributed by atoms with van der Waals surface area (Å²) in [5, 5.41) is 3.55. The van der Waals surface area contributed by atoms with Crippen molar-refractivity contribution in [1.82, 2.24) is 9.80 Å². The summed E-state index contributed by atoms with van der Waals surface area (Å²) in [4.78, 5) is 45.6. The average molecular weight is 627 g/mol. The third-order valence-electron chi connectivity index (χ3n) is 8.71. The highest BCUT2D eigenvalue weighted by Gasteiger charge is 2.42. The topological polar surface area (TPSA) is 91.4 Å². The van der Waals surface area contributed by atoms with E-state index in [4.69, 9.17) is 9.47 Å². The molecule has 240 valence electrons. The predicted octanol–water partition coefficient (Wildman–Crippen LogP) is 6.54. The normalized spacial score (nSPS) is 19.1. The fraction of sp³-hybridized carbons (Fsp3) is 0.361. The Labute approximate surface area is 268 Å². The lowest BCUT2D eigenvalue weighted by Gasteiger charge is -2.39. The standard InChI is InChI=1S/C36H39FN4O5/c1-4-45-35(44)40-18-16-39(17-19-40)32(43)23-41-29-13-9-8-12-27(29)38-28-21-36(2,3)22-30(42)33(28)34(41)24-14-15-26(37)31(20-24)46-25-10-6-5-7-11-25/h5-15,20,34,38H,4,16-19,21-23H2,1-3H3. The second kappa shape index (κ2) is 12.9. The summed E-state index contributed by atoms with van der Waals surface area (Å²) >= 11 is 0. The van der Waals surface area contributed by atoms with Crippen molar-refractivity contribution < 1.29 is 28.2 Å². The highest BCUT2D eigenvalue weighted by atomic mass is 19.1. The molecule has 3 aliphatic rings. The Morgan fingerprint density at radius 2 is 1.63 bits per heavy atom. The number of hydrogen-bond acceptors (Lipinski definition) is 7. The summed E-state index contributed by atoms with van der Waals surface area (Å²) in [5.74, 6) is -0.185. The van der Waals surface area contributed by atoms with Gasteiger partial charge in [0.05, 0.1) is 30.6 Å². The lowest BCUT2D eigenvalue weighted by molar-refractivity contribution is -0.131. The Balaban J connectivity index is 1.41. The first-order valence-electron chi connectivity index (χ1n) is 15.7. The number of carbonyl (C=O) groups excluding carboxylic acids is 3. The van der Waals surface area contributed by atoms with Gasteiger partial charge in [-0.15, -0.1) is 0 Å². The van der Waals surface area contributed by atoms with E-state index >= 15 is 4.39 Å². The smallest absolute Gasteiger partial charge is 0.409 e. The number of ether oxygens (including phenoxy) is 2. The largest absolute Gasteiger partial charge is 0.454 e. The van der Waals surface area contributed by atoms with E-state index in [1.165, 1.54) is 6.07 Å². The molecule has 2 heterocycles. The van der Waals surface area contributed by atoms with Gasteiger partial charge in [-0.1, -0.05) is 50.2 Å². The fourth-order valence-corrected chi connectivity index (χ4v) is 6.56. The maximum absolute atomic E-state index is 15.2. The second-order valence-electron chi connectivity index (χ2n) is 12.7. The van der Waals surface area contributed by atoms with Crippen molar-refractivity contribution in [1.29, 1.82) is 0 Å². The summed E-state index contributed by atoms with van der Waals surface area (Å²) in [7, 11) is 0. The van der Waals surface area contributed by atoms with Crippen LogP contribution in [0.2, 0.25) is 0 Å². The number of rotatable bonds is 6. The minimum absolute atomic E-state index is 0.0214. The van der Waals surface area contributed by atoms with Crippen molar-refractivity contribution in [2.45, 2.75) is 39.7 Å². The highest BCUT2D eigenvalue weighted by molar-refractivity contribution is 6.02. The molecular weight excluding hydrogens is 587 g/mol. The minimum atomic E-state index is -0.696.